The van der Waals surface area contributed by atoms with E-state index >= 15 is 0 Å². The van der Waals surface area contributed by atoms with E-state index in [9.17, 15) is 18.0 Å². The Morgan fingerprint density at radius 1 is 1.30 bits per heavy atom. The van der Waals surface area contributed by atoms with Crippen LogP contribution in [0.15, 0.2) is 29.2 Å². The van der Waals surface area contributed by atoms with Gasteiger partial charge in [0.25, 0.3) is 5.56 Å². The fraction of sp³-hybridized carbons (Fsp3) is 0.267. The van der Waals surface area contributed by atoms with E-state index < -0.39 is 11.7 Å². The van der Waals surface area contributed by atoms with Gasteiger partial charge < -0.3 is 4.98 Å². The third kappa shape index (κ3) is 3.26. The molecule has 23 heavy (non-hydrogen) atoms. The molecule has 0 aliphatic heterocycles. The Kier molecular flexibility index (Phi) is 3.93. The van der Waals surface area contributed by atoms with Crippen LogP contribution in [0, 0.1) is 0 Å². The summed E-state index contributed by atoms with van der Waals surface area (Å²) in [5.41, 5.74) is -0.635. The molecular weight excluding hydrogens is 327 g/mol. The zero-order valence-corrected chi connectivity index (χ0v) is 12.9. The number of pyridine rings is 1. The summed E-state index contributed by atoms with van der Waals surface area (Å²) in [6.45, 7) is 1.99. The van der Waals surface area contributed by atoms with Crippen LogP contribution in [0.1, 0.15) is 28.9 Å². The predicted molar refractivity (Wildman–Crippen MR) is 81.7 cm³/mol. The number of alkyl halides is 3. The molecule has 3 aromatic heterocycles. The van der Waals surface area contributed by atoms with Crippen molar-refractivity contribution < 1.29 is 13.2 Å². The van der Waals surface area contributed by atoms with Gasteiger partial charge in [-0.15, -0.1) is 11.3 Å². The van der Waals surface area contributed by atoms with Gasteiger partial charge in [-0.05, 0) is 24.6 Å². The Hall–Kier alpha value is -2.22. The molecule has 3 rings (SSSR count). The summed E-state index contributed by atoms with van der Waals surface area (Å²) in [6.07, 6.45) is -2.64. The maximum absolute atomic E-state index is 12.5. The van der Waals surface area contributed by atoms with Gasteiger partial charge in [-0.2, -0.15) is 13.2 Å². The number of rotatable bonds is 3. The first-order chi connectivity index (χ1) is 10.9. The molecule has 3 aromatic rings. The molecule has 0 aliphatic carbocycles. The van der Waals surface area contributed by atoms with Gasteiger partial charge >= 0.3 is 6.18 Å². The first-order valence-corrected chi connectivity index (χ1v) is 7.72. The molecule has 120 valence electrons. The maximum Gasteiger partial charge on any atom is 0.417 e. The molecule has 0 saturated carbocycles. The van der Waals surface area contributed by atoms with Gasteiger partial charge in [0.2, 0.25) is 0 Å². The standard InChI is InChI=1S/C15H12F3N3OS/c1-2-10-6-11-13(22)20-12(21-14(11)23-10)5-9-4-3-8(7-19-9)15(16,17)18/h3-4,6-7H,2,5H2,1H3,(H,20,21,22). The highest BCUT2D eigenvalue weighted by Gasteiger charge is 2.30. The largest absolute Gasteiger partial charge is 0.417 e. The molecule has 0 bridgehead atoms. The van der Waals surface area contributed by atoms with Crippen LogP contribution >= 0.6 is 11.3 Å². The Morgan fingerprint density at radius 3 is 2.70 bits per heavy atom. The molecule has 0 amide bonds. The fourth-order valence-corrected chi connectivity index (χ4v) is 3.14. The van der Waals surface area contributed by atoms with Crippen LogP contribution in [0.5, 0.6) is 0 Å². The van der Waals surface area contributed by atoms with Gasteiger partial charge in [0, 0.05) is 23.2 Å². The zero-order chi connectivity index (χ0) is 16.6. The lowest BCUT2D eigenvalue weighted by molar-refractivity contribution is -0.137. The van der Waals surface area contributed by atoms with Crippen LogP contribution < -0.4 is 5.56 Å². The quantitative estimate of drug-likeness (QED) is 0.794. The number of thiophene rings is 1. The second-order valence-corrected chi connectivity index (χ2v) is 6.13. The van der Waals surface area contributed by atoms with Crippen LogP contribution in [-0.2, 0) is 19.0 Å². The van der Waals surface area contributed by atoms with E-state index in [0.717, 1.165) is 23.6 Å². The summed E-state index contributed by atoms with van der Waals surface area (Å²) in [7, 11) is 0. The lowest BCUT2D eigenvalue weighted by atomic mass is 10.2. The third-order valence-electron chi connectivity index (χ3n) is 3.35. The van der Waals surface area contributed by atoms with Gasteiger partial charge in [0.05, 0.1) is 10.9 Å². The minimum Gasteiger partial charge on any atom is -0.310 e. The number of halogens is 3. The summed E-state index contributed by atoms with van der Waals surface area (Å²) < 4.78 is 37.5. The average Bonchev–Trinajstić information content (AvgIpc) is 2.90. The minimum absolute atomic E-state index is 0.169. The van der Waals surface area contributed by atoms with E-state index in [4.69, 9.17) is 0 Å². The first kappa shape index (κ1) is 15.7. The fourth-order valence-electron chi connectivity index (χ4n) is 2.15. The second-order valence-electron chi connectivity index (χ2n) is 5.01. The zero-order valence-electron chi connectivity index (χ0n) is 12.1. The van der Waals surface area contributed by atoms with Crippen LogP contribution in [0.2, 0.25) is 0 Å². The molecule has 0 fully saturated rings. The lowest BCUT2D eigenvalue weighted by Gasteiger charge is -2.06. The van der Waals surface area contributed by atoms with Gasteiger partial charge in [0.15, 0.2) is 0 Å². The van der Waals surface area contributed by atoms with E-state index in [2.05, 4.69) is 15.0 Å². The van der Waals surface area contributed by atoms with Crippen molar-refractivity contribution in [1.82, 2.24) is 15.0 Å². The Labute approximate surface area is 133 Å². The molecule has 0 saturated heterocycles. The topological polar surface area (TPSA) is 58.6 Å². The maximum atomic E-state index is 12.5. The highest BCUT2D eigenvalue weighted by Crippen LogP contribution is 2.28. The number of hydrogen-bond acceptors (Lipinski definition) is 4. The highest BCUT2D eigenvalue weighted by molar-refractivity contribution is 7.18. The second kappa shape index (κ2) is 5.77. The van der Waals surface area contributed by atoms with Crippen molar-refractivity contribution in [2.24, 2.45) is 0 Å². The molecule has 1 N–H and O–H groups in total. The predicted octanol–water partition coefficient (Wildman–Crippen LogP) is 3.55. The Balaban J connectivity index is 1.90. The van der Waals surface area contributed by atoms with Crippen molar-refractivity contribution in [3.05, 3.63) is 56.7 Å². The smallest absolute Gasteiger partial charge is 0.310 e. The molecule has 0 atom stereocenters. The Bertz CT molecular complexity index is 897. The van der Waals surface area contributed by atoms with Crippen molar-refractivity contribution >= 4 is 21.6 Å². The molecule has 0 aromatic carbocycles. The van der Waals surface area contributed by atoms with E-state index in [1.165, 1.54) is 17.4 Å². The average molecular weight is 339 g/mol. The number of nitrogens with zero attached hydrogens (tertiary/aromatic N) is 2. The summed E-state index contributed by atoms with van der Waals surface area (Å²) >= 11 is 1.44. The van der Waals surface area contributed by atoms with Crippen molar-refractivity contribution in [3.63, 3.8) is 0 Å². The summed E-state index contributed by atoms with van der Waals surface area (Å²) in [6, 6.07) is 4.07. The van der Waals surface area contributed by atoms with E-state index in [1.54, 1.807) is 0 Å². The third-order valence-corrected chi connectivity index (χ3v) is 4.52. The lowest BCUT2D eigenvalue weighted by Crippen LogP contribution is -2.12. The number of nitrogens with one attached hydrogen (secondary N) is 1. The van der Waals surface area contributed by atoms with Crippen LogP contribution in [0.4, 0.5) is 13.2 Å². The molecule has 4 nitrogen and oxygen atoms in total. The molecule has 0 aliphatic rings. The van der Waals surface area contributed by atoms with E-state index in [-0.39, 0.29) is 12.0 Å². The van der Waals surface area contributed by atoms with Gasteiger partial charge in [0.1, 0.15) is 10.7 Å². The molecular formula is C15H12F3N3OS. The van der Waals surface area contributed by atoms with Crippen LogP contribution in [-0.4, -0.2) is 15.0 Å². The normalized spacial score (nSPS) is 12.0. The van der Waals surface area contributed by atoms with Crippen molar-refractivity contribution in [2.45, 2.75) is 25.9 Å². The van der Waals surface area contributed by atoms with Crippen molar-refractivity contribution in [1.29, 1.82) is 0 Å². The van der Waals surface area contributed by atoms with Crippen LogP contribution in [0.25, 0.3) is 10.2 Å². The molecule has 0 radical (unpaired) electrons. The minimum atomic E-state index is -4.41. The highest BCUT2D eigenvalue weighted by atomic mass is 32.1. The summed E-state index contributed by atoms with van der Waals surface area (Å²) in [5, 5.41) is 0.538. The van der Waals surface area contributed by atoms with Gasteiger partial charge in [-0.3, -0.25) is 9.78 Å². The van der Waals surface area contributed by atoms with Gasteiger partial charge in [-0.1, -0.05) is 6.92 Å². The molecule has 0 unspecified atom stereocenters. The number of aromatic nitrogens is 3. The summed E-state index contributed by atoms with van der Waals surface area (Å²) in [4.78, 5) is 24.6. The monoisotopic (exact) mass is 339 g/mol. The molecule has 0 spiro atoms. The Morgan fingerprint density at radius 2 is 2.09 bits per heavy atom. The number of aromatic amines is 1. The summed E-state index contributed by atoms with van der Waals surface area (Å²) in [5.74, 6) is 0.388. The molecule has 3 heterocycles. The number of hydrogen-bond donors (Lipinski definition) is 1. The van der Waals surface area contributed by atoms with Gasteiger partial charge in [-0.25, -0.2) is 4.98 Å². The number of H-pyrrole nitrogens is 1. The van der Waals surface area contributed by atoms with Crippen molar-refractivity contribution in [2.75, 3.05) is 0 Å². The number of fused-ring (bicyclic) bond motifs is 1. The first-order valence-electron chi connectivity index (χ1n) is 6.90. The van der Waals surface area contributed by atoms with E-state index in [0.29, 0.717) is 21.7 Å². The number of aryl methyl sites for hydroxylation is 1. The molecule has 8 heteroatoms. The SMILES string of the molecule is CCc1cc2c(=O)[nH]c(Cc3ccc(C(F)(F)F)cn3)nc2s1. The van der Waals surface area contributed by atoms with E-state index in [1.807, 2.05) is 13.0 Å². The van der Waals surface area contributed by atoms with Crippen LogP contribution in [0.3, 0.4) is 0 Å². The van der Waals surface area contributed by atoms with Crippen molar-refractivity contribution in [3.8, 4) is 0 Å².